The lowest BCUT2D eigenvalue weighted by Gasteiger charge is -1.91. The summed E-state index contributed by atoms with van der Waals surface area (Å²) in [5.41, 5.74) is 0.834. The largest absolute Gasteiger partial charge is 0.256 e. The number of halogens is 1. The van der Waals surface area contributed by atoms with Crippen LogP contribution in [0, 0.1) is 0 Å². The molecule has 1 aromatic heterocycles. The van der Waals surface area contributed by atoms with Gasteiger partial charge in [0, 0.05) is 11.6 Å². The van der Waals surface area contributed by atoms with Crippen LogP contribution in [-0.4, -0.2) is 9.19 Å². The molecule has 11 heavy (non-hydrogen) atoms. The summed E-state index contributed by atoms with van der Waals surface area (Å²) in [5, 5.41) is 1.65. The van der Waals surface area contributed by atoms with E-state index in [4.69, 9.17) is 0 Å². The summed E-state index contributed by atoms with van der Waals surface area (Å²) in [7, 11) is -0.941. The van der Waals surface area contributed by atoms with Gasteiger partial charge in [0.25, 0.3) is 0 Å². The molecule has 2 rings (SSSR count). The Balaban J connectivity index is 0.000000605. The fourth-order valence-corrected chi connectivity index (χ4v) is 1.84. The van der Waals surface area contributed by atoms with E-state index in [0.29, 0.717) is 0 Å². The molecule has 0 aliphatic carbocycles. The Morgan fingerprint density at radius 1 is 1.45 bits per heavy atom. The Labute approximate surface area is 73.2 Å². The summed E-state index contributed by atoms with van der Waals surface area (Å²) in [4.78, 5) is 4.85. The van der Waals surface area contributed by atoms with Crippen molar-refractivity contribution < 1.29 is 4.21 Å². The van der Waals surface area contributed by atoms with E-state index in [2.05, 4.69) is 4.98 Å². The lowest BCUT2D eigenvalue weighted by atomic mass is 10.3. The van der Waals surface area contributed by atoms with Crippen LogP contribution < -0.4 is 0 Å². The zero-order valence-electron chi connectivity index (χ0n) is 5.56. The van der Waals surface area contributed by atoms with Crippen LogP contribution in [0.4, 0.5) is 0 Å². The van der Waals surface area contributed by atoms with E-state index in [1.807, 2.05) is 6.07 Å². The number of hydrogen-bond donors (Lipinski definition) is 0. The minimum atomic E-state index is -0.941. The molecule has 1 unspecified atom stereocenters. The molecule has 2 heterocycles. The number of fused-ring (bicyclic) bond motifs is 1. The van der Waals surface area contributed by atoms with E-state index in [-0.39, 0.29) is 12.4 Å². The molecule has 0 fully saturated rings. The van der Waals surface area contributed by atoms with Crippen molar-refractivity contribution in [3.05, 3.63) is 29.4 Å². The van der Waals surface area contributed by atoms with Gasteiger partial charge in [-0.15, -0.1) is 12.4 Å². The van der Waals surface area contributed by atoms with Crippen molar-refractivity contribution in [3.63, 3.8) is 0 Å². The normalized spacial score (nSPS) is 19.1. The van der Waals surface area contributed by atoms with Crippen molar-refractivity contribution in [3.8, 4) is 0 Å². The molecule has 58 valence electrons. The highest BCUT2D eigenvalue weighted by molar-refractivity contribution is 7.88. The van der Waals surface area contributed by atoms with Crippen molar-refractivity contribution >= 4 is 29.3 Å². The third-order valence-electron chi connectivity index (χ3n) is 1.37. The summed E-state index contributed by atoms with van der Waals surface area (Å²) in [6.45, 7) is 0. The van der Waals surface area contributed by atoms with Gasteiger partial charge in [-0.05, 0) is 18.2 Å². The Morgan fingerprint density at radius 3 is 3.00 bits per heavy atom. The third kappa shape index (κ3) is 1.34. The molecule has 1 aliphatic heterocycles. The zero-order valence-corrected chi connectivity index (χ0v) is 7.19. The minimum Gasteiger partial charge on any atom is -0.256 e. The van der Waals surface area contributed by atoms with Crippen molar-refractivity contribution in [2.45, 2.75) is 4.90 Å². The fourth-order valence-electron chi connectivity index (χ4n) is 0.898. The maximum absolute atomic E-state index is 11.0. The summed E-state index contributed by atoms with van der Waals surface area (Å²) >= 11 is 0. The van der Waals surface area contributed by atoms with Crippen LogP contribution in [0.2, 0.25) is 0 Å². The molecule has 0 amide bonds. The minimum absolute atomic E-state index is 0. The van der Waals surface area contributed by atoms with Gasteiger partial charge in [-0.1, -0.05) is 0 Å². The smallest absolute Gasteiger partial charge is 0.0800 e. The summed E-state index contributed by atoms with van der Waals surface area (Å²) in [6, 6.07) is 3.63. The molecule has 1 aromatic rings. The average molecular weight is 188 g/mol. The van der Waals surface area contributed by atoms with Gasteiger partial charge >= 0.3 is 0 Å². The first-order valence-electron chi connectivity index (χ1n) is 2.92. The molecule has 0 saturated carbocycles. The van der Waals surface area contributed by atoms with E-state index < -0.39 is 10.8 Å². The molecule has 0 aromatic carbocycles. The SMILES string of the molecule is Cl.O=S1C=Cc2ncccc21. The standard InChI is InChI=1S/C7H5NOS.ClH/c9-10-5-3-6-7(10)2-1-4-8-6;/h1-5H;1H. The van der Waals surface area contributed by atoms with Crippen LogP contribution in [0.15, 0.2) is 28.6 Å². The summed E-state index contributed by atoms with van der Waals surface area (Å²) in [5.74, 6) is 0. The average Bonchev–Trinajstić information content (AvgIpc) is 2.34. The van der Waals surface area contributed by atoms with E-state index in [1.165, 1.54) is 0 Å². The summed E-state index contributed by atoms with van der Waals surface area (Å²) < 4.78 is 11.0. The Hall–Kier alpha value is -0.670. The van der Waals surface area contributed by atoms with Crippen molar-refractivity contribution in [2.75, 3.05) is 0 Å². The van der Waals surface area contributed by atoms with E-state index in [0.717, 1.165) is 10.6 Å². The van der Waals surface area contributed by atoms with Gasteiger partial charge in [-0.25, -0.2) is 4.21 Å². The topological polar surface area (TPSA) is 30.0 Å². The number of pyridine rings is 1. The van der Waals surface area contributed by atoms with Gasteiger partial charge in [0.2, 0.25) is 0 Å². The predicted molar refractivity (Wildman–Crippen MR) is 46.9 cm³/mol. The fraction of sp³-hybridized carbons (Fsp3) is 0. The van der Waals surface area contributed by atoms with Gasteiger partial charge in [0.05, 0.1) is 21.4 Å². The second-order valence-corrected chi connectivity index (χ2v) is 3.29. The second-order valence-electron chi connectivity index (χ2n) is 1.99. The van der Waals surface area contributed by atoms with Gasteiger partial charge in [-0.3, -0.25) is 4.98 Å². The highest BCUT2D eigenvalue weighted by atomic mass is 35.5. The molecule has 1 atom stereocenters. The summed E-state index contributed by atoms with van der Waals surface area (Å²) in [6.07, 6.45) is 3.48. The number of rotatable bonds is 0. The first kappa shape index (κ1) is 8.43. The van der Waals surface area contributed by atoms with Gasteiger partial charge in [0.1, 0.15) is 0 Å². The predicted octanol–water partition coefficient (Wildman–Crippen LogP) is 1.60. The lowest BCUT2D eigenvalue weighted by Crippen LogP contribution is -1.85. The van der Waals surface area contributed by atoms with Crippen LogP contribution >= 0.6 is 12.4 Å². The molecular weight excluding hydrogens is 182 g/mol. The first-order chi connectivity index (χ1) is 4.88. The number of aromatic nitrogens is 1. The molecule has 1 aliphatic rings. The Kier molecular flexibility index (Phi) is 2.42. The zero-order chi connectivity index (χ0) is 6.97. The maximum Gasteiger partial charge on any atom is 0.0800 e. The Bertz CT molecular complexity index is 324. The molecule has 2 nitrogen and oxygen atoms in total. The highest BCUT2D eigenvalue weighted by Gasteiger charge is 2.10. The van der Waals surface area contributed by atoms with E-state index in [1.54, 1.807) is 23.7 Å². The van der Waals surface area contributed by atoms with Crippen molar-refractivity contribution in [1.82, 2.24) is 4.98 Å². The van der Waals surface area contributed by atoms with Gasteiger partial charge < -0.3 is 0 Å². The van der Waals surface area contributed by atoms with Crippen LogP contribution in [0.5, 0.6) is 0 Å². The highest BCUT2D eigenvalue weighted by Crippen LogP contribution is 2.19. The van der Waals surface area contributed by atoms with Crippen LogP contribution in [-0.2, 0) is 10.8 Å². The molecule has 0 N–H and O–H groups in total. The number of nitrogens with zero attached hydrogens (tertiary/aromatic N) is 1. The second kappa shape index (κ2) is 3.15. The molecular formula is C7H6ClNOS. The molecule has 0 saturated heterocycles. The monoisotopic (exact) mass is 187 g/mol. The van der Waals surface area contributed by atoms with Gasteiger partial charge in [0.15, 0.2) is 0 Å². The molecule has 0 bridgehead atoms. The molecule has 0 spiro atoms. The van der Waals surface area contributed by atoms with Crippen molar-refractivity contribution in [2.24, 2.45) is 0 Å². The molecule has 4 heteroatoms. The van der Waals surface area contributed by atoms with Crippen LogP contribution in [0.1, 0.15) is 5.69 Å². The van der Waals surface area contributed by atoms with Crippen molar-refractivity contribution in [1.29, 1.82) is 0 Å². The molecule has 0 radical (unpaired) electrons. The van der Waals surface area contributed by atoms with Crippen LogP contribution in [0.25, 0.3) is 6.08 Å². The van der Waals surface area contributed by atoms with E-state index >= 15 is 0 Å². The first-order valence-corrected chi connectivity index (χ1v) is 4.13. The quantitative estimate of drug-likeness (QED) is 0.618. The van der Waals surface area contributed by atoms with Gasteiger partial charge in [-0.2, -0.15) is 0 Å². The van der Waals surface area contributed by atoms with E-state index in [9.17, 15) is 4.21 Å². The number of hydrogen-bond acceptors (Lipinski definition) is 2. The third-order valence-corrected chi connectivity index (χ3v) is 2.53. The Morgan fingerprint density at radius 2 is 2.27 bits per heavy atom. The lowest BCUT2D eigenvalue weighted by molar-refractivity contribution is 0.688. The maximum atomic E-state index is 11.0. The van der Waals surface area contributed by atoms with Crippen LogP contribution in [0.3, 0.4) is 0 Å².